The molecular formula is C21H15N3O3. The van der Waals surface area contributed by atoms with Crippen LogP contribution in [0, 0.1) is 0 Å². The Morgan fingerprint density at radius 1 is 0.926 bits per heavy atom. The fourth-order valence-electron chi connectivity index (χ4n) is 2.45. The van der Waals surface area contributed by atoms with Crippen LogP contribution in [0.2, 0.25) is 0 Å². The number of carbonyl (C=O) groups excluding carboxylic acids is 1. The van der Waals surface area contributed by atoms with E-state index in [1.807, 2.05) is 30.3 Å². The Morgan fingerprint density at radius 2 is 1.74 bits per heavy atom. The number of rotatable bonds is 5. The highest BCUT2D eigenvalue weighted by Crippen LogP contribution is 2.23. The van der Waals surface area contributed by atoms with Gasteiger partial charge in [-0.1, -0.05) is 30.3 Å². The van der Waals surface area contributed by atoms with Crippen LogP contribution in [0.3, 0.4) is 0 Å². The van der Waals surface area contributed by atoms with Gasteiger partial charge in [0.15, 0.2) is 11.6 Å². The third kappa shape index (κ3) is 4.01. The summed E-state index contributed by atoms with van der Waals surface area (Å²) in [7, 11) is 0. The molecule has 6 heteroatoms. The van der Waals surface area contributed by atoms with Crippen molar-refractivity contribution < 1.29 is 13.9 Å². The zero-order chi connectivity index (χ0) is 18.5. The van der Waals surface area contributed by atoms with Gasteiger partial charge in [0.1, 0.15) is 5.75 Å². The first-order chi connectivity index (χ1) is 13.3. The first-order valence-electron chi connectivity index (χ1n) is 8.29. The van der Waals surface area contributed by atoms with Crippen molar-refractivity contribution in [3.05, 3.63) is 91.0 Å². The molecule has 0 saturated heterocycles. The van der Waals surface area contributed by atoms with Crippen LogP contribution < -0.4 is 10.1 Å². The maximum atomic E-state index is 12.0. The van der Waals surface area contributed by atoms with Crippen molar-refractivity contribution in [2.24, 2.45) is 0 Å². The van der Waals surface area contributed by atoms with Crippen molar-refractivity contribution in [2.45, 2.75) is 0 Å². The number of nitrogens with one attached hydrogen (secondary N) is 1. The predicted molar refractivity (Wildman–Crippen MR) is 101 cm³/mol. The van der Waals surface area contributed by atoms with Crippen LogP contribution in [0.1, 0.15) is 10.6 Å². The Kier molecular flexibility index (Phi) is 4.61. The summed E-state index contributed by atoms with van der Waals surface area (Å²) in [5.41, 5.74) is 1.55. The lowest BCUT2D eigenvalue weighted by Gasteiger charge is -2.08. The van der Waals surface area contributed by atoms with Crippen molar-refractivity contribution in [3.8, 4) is 23.0 Å². The van der Waals surface area contributed by atoms with E-state index in [-0.39, 0.29) is 11.7 Å². The van der Waals surface area contributed by atoms with E-state index in [2.05, 4.69) is 15.3 Å². The average Bonchev–Trinajstić information content (AvgIpc) is 3.25. The highest BCUT2D eigenvalue weighted by Gasteiger charge is 2.09. The Hall–Kier alpha value is -3.93. The van der Waals surface area contributed by atoms with E-state index in [1.54, 1.807) is 48.7 Å². The molecule has 2 aromatic heterocycles. The second-order valence-electron chi connectivity index (χ2n) is 5.64. The molecular weight excluding hydrogens is 342 g/mol. The summed E-state index contributed by atoms with van der Waals surface area (Å²) in [6.07, 6.45) is 3.11. The summed E-state index contributed by atoms with van der Waals surface area (Å²) in [6.45, 7) is 0. The molecule has 0 spiro atoms. The molecule has 0 bridgehead atoms. The van der Waals surface area contributed by atoms with E-state index in [0.717, 1.165) is 5.56 Å². The molecule has 2 aromatic carbocycles. The number of hydrogen-bond acceptors (Lipinski definition) is 5. The topological polar surface area (TPSA) is 77.2 Å². The first kappa shape index (κ1) is 16.5. The molecule has 0 aliphatic rings. The molecule has 0 aliphatic carbocycles. The average molecular weight is 357 g/mol. The fourth-order valence-corrected chi connectivity index (χ4v) is 2.45. The smallest absolute Gasteiger partial charge is 0.291 e. The molecule has 1 N–H and O–H groups in total. The number of amides is 1. The number of aromatic nitrogens is 2. The first-order valence-corrected chi connectivity index (χ1v) is 8.29. The number of hydrogen-bond donors (Lipinski definition) is 1. The fraction of sp³-hybridized carbons (Fsp3) is 0. The third-order valence-corrected chi connectivity index (χ3v) is 3.74. The van der Waals surface area contributed by atoms with Crippen LogP contribution in [0.25, 0.3) is 11.4 Å². The summed E-state index contributed by atoms with van der Waals surface area (Å²) in [6, 6.07) is 21.6. The van der Waals surface area contributed by atoms with Crippen LogP contribution >= 0.6 is 0 Å². The molecule has 0 atom stereocenters. The zero-order valence-electron chi connectivity index (χ0n) is 14.2. The van der Waals surface area contributed by atoms with Gasteiger partial charge in [0, 0.05) is 23.5 Å². The van der Waals surface area contributed by atoms with Crippen LogP contribution in [-0.4, -0.2) is 15.9 Å². The number of anilines is 1. The molecule has 27 heavy (non-hydrogen) atoms. The molecule has 4 aromatic rings. The number of furan rings is 1. The molecule has 0 aliphatic heterocycles. The molecule has 0 radical (unpaired) electrons. The Labute approximate surface area is 155 Å². The summed E-state index contributed by atoms with van der Waals surface area (Å²) < 4.78 is 10.9. The second-order valence-corrected chi connectivity index (χ2v) is 5.64. The maximum absolute atomic E-state index is 12.0. The number of benzene rings is 2. The lowest BCUT2D eigenvalue weighted by molar-refractivity contribution is 0.0996. The maximum Gasteiger partial charge on any atom is 0.291 e. The van der Waals surface area contributed by atoms with E-state index in [4.69, 9.17) is 9.15 Å². The van der Waals surface area contributed by atoms with Crippen molar-refractivity contribution in [1.82, 2.24) is 9.97 Å². The lowest BCUT2D eigenvalue weighted by atomic mass is 10.2. The largest absolute Gasteiger partial charge is 0.459 e. The standard InChI is InChI=1S/C21H15N3O3/c25-21(18-7-4-14-26-18)23-16-8-10-17(11-9-16)27-19-12-13-22-20(24-19)15-5-2-1-3-6-15/h1-14H,(H,23,25). The molecule has 0 unspecified atom stereocenters. The zero-order valence-corrected chi connectivity index (χ0v) is 14.2. The van der Waals surface area contributed by atoms with Crippen molar-refractivity contribution in [2.75, 3.05) is 5.32 Å². The van der Waals surface area contributed by atoms with E-state index >= 15 is 0 Å². The van der Waals surface area contributed by atoms with Crippen LogP contribution in [-0.2, 0) is 0 Å². The van der Waals surface area contributed by atoms with Gasteiger partial charge in [-0.3, -0.25) is 4.79 Å². The number of ether oxygens (including phenoxy) is 1. The Balaban J connectivity index is 1.45. The van der Waals surface area contributed by atoms with Gasteiger partial charge >= 0.3 is 0 Å². The third-order valence-electron chi connectivity index (χ3n) is 3.74. The predicted octanol–water partition coefficient (Wildman–Crippen LogP) is 4.78. The van der Waals surface area contributed by atoms with Gasteiger partial charge in [-0.25, -0.2) is 4.98 Å². The molecule has 1 amide bonds. The van der Waals surface area contributed by atoms with E-state index in [0.29, 0.717) is 23.1 Å². The van der Waals surface area contributed by atoms with Crippen molar-refractivity contribution in [3.63, 3.8) is 0 Å². The van der Waals surface area contributed by atoms with Crippen LogP contribution in [0.15, 0.2) is 89.7 Å². The SMILES string of the molecule is O=C(Nc1ccc(Oc2ccnc(-c3ccccc3)n2)cc1)c1ccco1. The van der Waals surface area contributed by atoms with Gasteiger partial charge in [-0.05, 0) is 36.4 Å². The summed E-state index contributed by atoms with van der Waals surface area (Å²) in [5, 5.41) is 2.75. The Morgan fingerprint density at radius 3 is 2.48 bits per heavy atom. The lowest BCUT2D eigenvalue weighted by Crippen LogP contribution is -2.10. The molecule has 2 heterocycles. The summed E-state index contributed by atoms with van der Waals surface area (Å²) in [4.78, 5) is 20.7. The highest BCUT2D eigenvalue weighted by atomic mass is 16.5. The van der Waals surface area contributed by atoms with Crippen molar-refractivity contribution >= 4 is 11.6 Å². The monoisotopic (exact) mass is 357 g/mol. The molecule has 4 rings (SSSR count). The number of carbonyl (C=O) groups is 1. The van der Waals surface area contributed by atoms with E-state index in [1.165, 1.54) is 6.26 Å². The van der Waals surface area contributed by atoms with Gasteiger partial charge in [0.2, 0.25) is 5.88 Å². The van der Waals surface area contributed by atoms with Crippen molar-refractivity contribution in [1.29, 1.82) is 0 Å². The molecule has 0 fully saturated rings. The number of nitrogens with zero attached hydrogens (tertiary/aromatic N) is 2. The van der Waals surface area contributed by atoms with Gasteiger partial charge in [0.05, 0.1) is 6.26 Å². The minimum absolute atomic E-state index is 0.254. The quantitative estimate of drug-likeness (QED) is 0.556. The minimum atomic E-state index is -0.308. The molecule has 0 saturated carbocycles. The summed E-state index contributed by atoms with van der Waals surface area (Å²) in [5.74, 6) is 1.58. The van der Waals surface area contributed by atoms with Gasteiger partial charge in [-0.2, -0.15) is 4.98 Å². The highest BCUT2D eigenvalue weighted by molar-refractivity contribution is 6.02. The summed E-state index contributed by atoms with van der Waals surface area (Å²) >= 11 is 0. The molecule has 6 nitrogen and oxygen atoms in total. The van der Waals surface area contributed by atoms with Gasteiger partial charge in [0.25, 0.3) is 5.91 Å². The normalized spacial score (nSPS) is 10.4. The second kappa shape index (κ2) is 7.53. The van der Waals surface area contributed by atoms with Crippen LogP contribution in [0.5, 0.6) is 11.6 Å². The van der Waals surface area contributed by atoms with Gasteiger partial charge in [-0.15, -0.1) is 0 Å². The van der Waals surface area contributed by atoms with E-state index < -0.39 is 0 Å². The van der Waals surface area contributed by atoms with E-state index in [9.17, 15) is 4.79 Å². The minimum Gasteiger partial charge on any atom is -0.459 e. The van der Waals surface area contributed by atoms with Crippen LogP contribution in [0.4, 0.5) is 5.69 Å². The molecule has 132 valence electrons. The van der Waals surface area contributed by atoms with Gasteiger partial charge < -0.3 is 14.5 Å². The Bertz CT molecular complexity index is 1030.